The Morgan fingerprint density at radius 1 is 1.41 bits per heavy atom. The molecule has 1 saturated carbocycles. The van der Waals surface area contributed by atoms with Gasteiger partial charge in [-0.2, -0.15) is 0 Å². The van der Waals surface area contributed by atoms with Crippen molar-refractivity contribution in [3.8, 4) is 0 Å². The zero-order valence-corrected chi connectivity index (χ0v) is 11.5. The van der Waals surface area contributed by atoms with Gasteiger partial charge >= 0.3 is 0 Å². The summed E-state index contributed by atoms with van der Waals surface area (Å²) in [5.41, 5.74) is -0.128. The van der Waals surface area contributed by atoms with Crippen molar-refractivity contribution in [3.63, 3.8) is 0 Å². The van der Waals surface area contributed by atoms with Crippen molar-refractivity contribution in [2.24, 2.45) is 0 Å². The summed E-state index contributed by atoms with van der Waals surface area (Å²) >= 11 is 0. The average molecular weight is 244 g/mol. The van der Waals surface area contributed by atoms with E-state index in [2.05, 4.69) is 17.1 Å². The first-order valence-electron chi connectivity index (χ1n) is 6.68. The van der Waals surface area contributed by atoms with Gasteiger partial charge in [0.2, 0.25) is 0 Å². The van der Waals surface area contributed by atoms with Crippen LogP contribution in [0.3, 0.4) is 0 Å². The zero-order chi connectivity index (χ0) is 12.7. The van der Waals surface area contributed by atoms with E-state index in [0.29, 0.717) is 0 Å². The summed E-state index contributed by atoms with van der Waals surface area (Å²) < 4.78 is 5.15. The van der Waals surface area contributed by atoms with Gasteiger partial charge in [-0.05, 0) is 46.2 Å². The van der Waals surface area contributed by atoms with Gasteiger partial charge in [-0.3, -0.25) is 4.90 Å². The first kappa shape index (κ1) is 14.9. The lowest BCUT2D eigenvalue weighted by molar-refractivity contribution is 0.133. The van der Waals surface area contributed by atoms with Crippen molar-refractivity contribution in [1.82, 2.24) is 10.2 Å². The van der Waals surface area contributed by atoms with E-state index in [1.54, 1.807) is 7.11 Å². The minimum Gasteiger partial charge on any atom is -0.394 e. The Morgan fingerprint density at radius 2 is 2.12 bits per heavy atom. The molecule has 0 aromatic carbocycles. The molecule has 0 bridgehead atoms. The molecule has 17 heavy (non-hydrogen) atoms. The molecule has 2 N–H and O–H groups in total. The fourth-order valence-electron chi connectivity index (χ4n) is 2.08. The number of ether oxygens (including phenoxy) is 1. The summed E-state index contributed by atoms with van der Waals surface area (Å²) in [6.07, 6.45) is 4.81. The van der Waals surface area contributed by atoms with Gasteiger partial charge in [-0.15, -0.1) is 0 Å². The summed E-state index contributed by atoms with van der Waals surface area (Å²) in [6, 6.07) is 0.792. The topological polar surface area (TPSA) is 44.7 Å². The molecule has 1 atom stereocenters. The third-order valence-corrected chi connectivity index (χ3v) is 3.77. The van der Waals surface area contributed by atoms with Gasteiger partial charge in [0.25, 0.3) is 0 Å². The van der Waals surface area contributed by atoms with Crippen LogP contribution >= 0.6 is 0 Å². The van der Waals surface area contributed by atoms with Crippen molar-refractivity contribution in [2.45, 2.75) is 44.2 Å². The summed E-state index contributed by atoms with van der Waals surface area (Å²) in [5, 5.41) is 12.5. The van der Waals surface area contributed by atoms with Crippen LogP contribution in [0.15, 0.2) is 0 Å². The maximum Gasteiger partial charge on any atom is 0.0610 e. The van der Waals surface area contributed by atoms with Crippen LogP contribution in [0, 0.1) is 0 Å². The van der Waals surface area contributed by atoms with E-state index in [-0.39, 0.29) is 12.1 Å². The van der Waals surface area contributed by atoms with Gasteiger partial charge in [0, 0.05) is 25.2 Å². The largest absolute Gasteiger partial charge is 0.394 e. The maximum absolute atomic E-state index is 9.32. The molecule has 1 rings (SSSR count). The number of aliphatic hydroxyl groups is 1. The number of rotatable bonds is 10. The van der Waals surface area contributed by atoms with Crippen LogP contribution in [0.5, 0.6) is 0 Å². The van der Waals surface area contributed by atoms with Gasteiger partial charge in [0.15, 0.2) is 0 Å². The molecule has 102 valence electrons. The minimum absolute atomic E-state index is 0.128. The summed E-state index contributed by atoms with van der Waals surface area (Å²) in [6.45, 7) is 5.25. The highest BCUT2D eigenvalue weighted by Crippen LogP contribution is 2.27. The first-order valence-corrected chi connectivity index (χ1v) is 6.68. The van der Waals surface area contributed by atoms with Gasteiger partial charge < -0.3 is 15.2 Å². The molecule has 0 heterocycles. The van der Waals surface area contributed by atoms with Gasteiger partial charge in [0.05, 0.1) is 13.2 Å². The molecule has 0 aromatic rings. The molecule has 1 unspecified atom stereocenters. The number of hydrogen-bond donors (Lipinski definition) is 2. The first-order chi connectivity index (χ1) is 8.15. The highest BCUT2D eigenvalue weighted by atomic mass is 16.5. The molecule has 0 saturated heterocycles. The van der Waals surface area contributed by atoms with Crippen molar-refractivity contribution < 1.29 is 9.84 Å². The van der Waals surface area contributed by atoms with Crippen LogP contribution < -0.4 is 5.32 Å². The Kier molecular flexibility index (Phi) is 6.41. The highest BCUT2D eigenvalue weighted by molar-refractivity contribution is 4.86. The predicted molar refractivity (Wildman–Crippen MR) is 70.3 cm³/mol. The lowest BCUT2D eigenvalue weighted by atomic mass is 9.97. The second-order valence-electron chi connectivity index (χ2n) is 5.33. The van der Waals surface area contributed by atoms with Crippen molar-refractivity contribution in [1.29, 1.82) is 0 Å². The number of nitrogens with one attached hydrogen (secondary N) is 1. The van der Waals surface area contributed by atoms with Crippen molar-refractivity contribution in [2.75, 3.05) is 40.5 Å². The monoisotopic (exact) mass is 244 g/mol. The zero-order valence-electron chi connectivity index (χ0n) is 11.5. The number of aliphatic hydroxyl groups excluding tert-OH is 1. The van der Waals surface area contributed by atoms with Crippen LogP contribution in [0.4, 0.5) is 0 Å². The van der Waals surface area contributed by atoms with E-state index in [4.69, 9.17) is 4.74 Å². The Balaban J connectivity index is 2.22. The molecular formula is C13H28N2O2. The fourth-order valence-corrected chi connectivity index (χ4v) is 2.08. The number of likely N-dealkylation sites (N-methyl/N-ethyl adjacent to an activating group) is 1. The summed E-state index contributed by atoms with van der Waals surface area (Å²) in [7, 11) is 3.68. The summed E-state index contributed by atoms with van der Waals surface area (Å²) in [5.74, 6) is 0. The fraction of sp³-hybridized carbons (Fsp3) is 1.00. The van der Waals surface area contributed by atoms with E-state index in [1.807, 2.05) is 7.05 Å². The van der Waals surface area contributed by atoms with E-state index in [9.17, 15) is 5.11 Å². The van der Waals surface area contributed by atoms with E-state index in [1.165, 1.54) is 12.8 Å². The minimum atomic E-state index is -0.128. The highest BCUT2D eigenvalue weighted by Gasteiger charge is 2.29. The van der Waals surface area contributed by atoms with Gasteiger partial charge in [0.1, 0.15) is 0 Å². The maximum atomic E-state index is 9.32. The smallest absolute Gasteiger partial charge is 0.0610 e. The van der Waals surface area contributed by atoms with Crippen LogP contribution in [0.25, 0.3) is 0 Å². The standard InChI is InChI=1S/C13H28N2O2/c1-13(11-16,14-2)7-4-8-15(9-10-17-3)12-5-6-12/h12,14,16H,4-11H2,1-3H3. The molecule has 1 fully saturated rings. The molecule has 4 heteroatoms. The molecule has 0 amide bonds. The molecule has 4 nitrogen and oxygen atoms in total. The molecule has 1 aliphatic carbocycles. The SMILES string of the molecule is CNC(C)(CO)CCCN(CCOC)C1CC1. The molecule has 0 aliphatic heterocycles. The molecule has 1 aliphatic rings. The van der Waals surface area contributed by atoms with E-state index < -0.39 is 0 Å². The van der Waals surface area contributed by atoms with Gasteiger partial charge in [-0.1, -0.05) is 0 Å². The van der Waals surface area contributed by atoms with E-state index >= 15 is 0 Å². The number of hydrogen-bond acceptors (Lipinski definition) is 4. The Morgan fingerprint density at radius 3 is 2.59 bits per heavy atom. The molecule has 0 spiro atoms. The second-order valence-corrected chi connectivity index (χ2v) is 5.33. The lowest BCUT2D eigenvalue weighted by Crippen LogP contribution is -2.44. The lowest BCUT2D eigenvalue weighted by Gasteiger charge is -2.28. The number of methoxy groups -OCH3 is 1. The van der Waals surface area contributed by atoms with Crippen LogP contribution in [-0.4, -0.2) is 62.0 Å². The Hall–Kier alpha value is -0.160. The van der Waals surface area contributed by atoms with Crippen LogP contribution in [0.1, 0.15) is 32.6 Å². The van der Waals surface area contributed by atoms with Crippen LogP contribution in [0.2, 0.25) is 0 Å². The van der Waals surface area contributed by atoms with Crippen molar-refractivity contribution >= 4 is 0 Å². The second kappa shape index (κ2) is 7.31. The molecule has 0 aromatic heterocycles. The summed E-state index contributed by atoms with van der Waals surface area (Å²) in [4.78, 5) is 2.52. The van der Waals surface area contributed by atoms with E-state index in [0.717, 1.165) is 38.6 Å². The predicted octanol–water partition coefficient (Wildman–Crippen LogP) is 0.848. The molecule has 0 radical (unpaired) electrons. The average Bonchev–Trinajstić information content (AvgIpc) is 3.17. The quantitative estimate of drug-likeness (QED) is 0.598. The third-order valence-electron chi connectivity index (χ3n) is 3.77. The van der Waals surface area contributed by atoms with Crippen molar-refractivity contribution in [3.05, 3.63) is 0 Å². The Labute approximate surface area is 105 Å². The van der Waals surface area contributed by atoms with Crippen LogP contribution in [-0.2, 0) is 4.74 Å². The molecular weight excluding hydrogens is 216 g/mol. The number of nitrogens with zero attached hydrogens (tertiary/aromatic N) is 1. The Bertz CT molecular complexity index is 204. The third kappa shape index (κ3) is 5.34. The normalized spacial score (nSPS) is 19.6. The van der Waals surface area contributed by atoms with Gasteiger partial charge in [-0.25, -0.2) is 0 Å².